The van der Waals surface area contributed by atoms with E-state index in [0.717, 1.165) is 4.90 Å². The predicted octanol–water partition coefficient (Wildman–Crippen LogP) is 0.991. The van der Waals surface area contributed by atoms with E-state index in [-0.39, 0.29) is 6.54 Å². The highest BCUT2D eigenvalue weighted by atomic mass is 16.7. The van der Waals surface area contributed by atoms with Crippen molar-refractivity contribution < 1.29 is 28.6 Å². The number of methoxy groups -OCH3 is 1. The largest absolute Gasteiger partial charge is 0.469 e. The molecule has 3 rings (SSSR count). The molecule has 1 fully saturated rings. The van der Waals surface area contributed by atoms with E-state index >= 15 is 0 Å². The van der Waals surface area contributed by atoms with Crippen LogP contribution in [0.4, 0.5) is 0 Å². The first kappa shape index (κ1) is 17.3. The molecule has 25 heavy (non-hydrogen) atoms. The monoisotopic (exact) mass is 345 g/mol. The van der Waals surface area contributed by atoms with Gasteiger partial charge in [0.1, 0.15) is 5.92 Å². The first-order valence-corrected chi connectivity index (χ1v) is 7.95. The number of carbonyl (C=O) groups excluding carboxylic acids is 3. The second kappa shape index (κ2) is 6.78. The van der Waals surface area contributed by atoms with Crippen molar-refractivity contribution in [2.45, 2.75) is 12.7 Å². The number of hydrogen-bond donors (Lipinski definition) is 0. The van der Waals surface area contributed by atoms with Crippen LogP contribution in [0.3, 0.4) is 0 Å². The van der Waals surface area contributed by atoms with E-state index in [0.29, 0.717) is 24.4 Å². The molecular weight excluding hydrogens is 326 g/mol. The minimum absolute atomic E-state index is 0.173. The Bertz CT molecular complexity index is 720. The molecule has 0 spiro atoms. The number of imide groups is 1. The maximum absolute atomic E-state index is 12.7. The minimum atomic E-state index is -1.23. The SMILES string of the molecule is COC(=O)C(CN1C(=O)C=C(c2ccccc2)C1=O)C1(C)OCCO1. The zero-order valence-electron chi connectivity index (χ0n) is 14.1. The smallest absolute Gasteiger partial charge is 0.315 e. The highest BCUT2D eigenvalue weighted by Crippen LogP contribution is 2.32. The molecule has 0 saturated carbocycles. The van der Waals surface area contributed by atoms with Crippen molar-refractivity contribution in [2.24, 2.45) is 5.92 Å². The summed E-state index contributed by atoms with van der Waals surface area (Å²) in [7, 11) is 1.24. The molecule has 1 aromatic carbocycles. The van der Waals surface area contributed by atoms with Gasteiger partial charge in [-0.05, 0) is 12.5 Å². The molecule has 1 unspecified atom stereocenters. The molecule has 0 aliphatic carbocycles. The molecule has 0 bridgehead atoms. The molecule has 2 amide bonds. The molecule has 1 atom stereocenters. The number of ether oxygens (including phenoxy) is 3. The summed E-state index contributed by atoms with van der Waals surface area (Å²) < 4.78 is 15.9. The molecular formula is C18H19NO6. The van der Waals surface area contributed by atoms with Gasteiger partial charge in [0.25, 0.3) is 11.8 Å². The van der Waals surface area contributed by atoms with Crippen LogP contribution in [0, 0.1) is 5.92 Å². The molecule has 1 saturated heterocycles. The third-order valence-corrected chi connectivity index (χ3v) is 4.44. The van der Waals surface area contributed by atoms with Gasteiger partial charge in [-0.1, -0.05) is 30.3 Å². The maximum Gasteiger partial charge on any atom is 0.315 e. The third-order valence-electron chi connectivity index (χ3n) is 4.44. The van der Waals surface area contributed by atoms with Gasteiger partial charge in [-0.15, -0.1) is 0 Å². The van der Waals surface area contributed by atoms with Crippen LogP contribution in [0.1, 0.15) is 12.5 Å². The van der Waals surface area contributed by atoms with Crippen LogP contribution < -0.4 is 0 Å². The zero-order chi connectivity index (χ0) is 18.0. The van der Waals surface area contributed by atoms with Gasteiger partial charge in [-0.2, -0.15) is 0 Å². The van der Waals surface area contributed by atoms with Gasteiger partial charge < -0.3 is 14.2 Å². The van der Waals surface area contributed by atoms with Crippen LogP contribution in [0.25, 0.3) is 5.57 Å². The number of rotatable bonds is 5. The molecule has 7 nitrogen and oxygen atoms in total. The standard InChI is InChI=1S/C18H19NO6/c1-18(24-8-9-25-18)14(17(22)23-2)11-19-15(20)10-13(16(19)21)12-6-4-3-5-7-12/h3-7,10,14H,8-9,11H2,1-2H3. The van der Waals surface area contributed by atoms with E-state index in [1.807, 2.05) is 6.07 Å². The van der Waals surface area contributed by atoms with Crippen molar-refractivity contribution in [3.05, 3.63) is 42.0 Å². The quantitative estimate of drug-likeness (QED) is 0.585. The molecule has 0 N–H and O–H groups in total. The Kier molecular flexibility index (Phi) is 4.69. The lowest BCUT2D eigenvalue weighted by molar-refractivity contribution is -0.201. The van der Waals surface area contributed by atoms with Crippen molar-refractivity contribution in [3.63, 3.8) is 0 Å². The molecule has 132 valence electrons. The molecule has 2 aliphatic heterocycles. The summed E-state index contributed by atoms with van der Waals surface area (Å²) in [5.74, 6) is -3.69. The van der Waals surface area contributed by atoms with Crippen LogP contribution in [0.15, 0.2) is 36.4 Å². The van der Waals surface area contributed by atoms with E-state index < -0.39 is 29.5 Å². The number of nitrogens with zero attached hydrogens (tertiary/aromatic N) is 1. The van der Waals surface area contributed by atoms with Crippen molar-refractivity contribution >= 4 is 23.4 Å². The highest BCUT2D eigenvalue weighted by Gasteiger charge is 2.48. The average molecular weight is 345 g/mol. The van der Waals surface area contributed by atoms with Gasteiger partial charge in [0.2, 0.25) is 0 Å². The average Bonchev–Trinajstić information content (AvgIpc) is 3.18. The third kappa shape index (κ3) is 3.20. The van der Waals surface area contributed by atoms with Gasteiger partial charge in [-0.25, -0.2) is 0 Å². The lowest BCUT2D eigenvalue weighted by atomic mass is 9.99. The van der Waals surface area contributed by atoms with Crippen molar-refractivity contribution in [2.75, 3.05) is 26.9 Å². The summed E-state index contributed by atoms with van der Waals surface area (Å²) in [6.07, 6.45) is 1.28. The van der Waals surface area contributed by atoms with E-state index in [1.54, 1.807) is 31.2 Å². The molecule has 0 aromatic heterocycles. The van der Waals surface area contributed by atoms with Crippen LogP contribution in [-0.4, -0.2) is 55.3 Å². The Morgan fingerprint density at radius 3 is 2.48 bits per heavy atom. The van der Waals surface area contributed by atoms with Gasteiger partial charge in [0.15, 0.2) is 5.79 Å². The minimum Gasteiger partial charge on any atom is -0.469 e. The van der Waals surface area contributed by atoms with E-state index in [1.165, 1.54) is 13.2 Å². The lowest BCUT2D eigenvalue weighted by Crippen LogP contribution is -2.49. The summed E-state index contributed by atoms with van der Waals surface area (Å²) in [4.78, 5) is 38.3. The molecule has 2 aliphatic rings. The van der Waals surface area contributed by atoms with Gasteiger partial charge >= 0.3 is 5.97 Å². The molecule has 7 heteroatoms. The van der Waals surface area contributed by atoms with Gasteiger partial charge in [0, 0.05) is 12.6 Å². The van der Waals surface area contributed by atoms with E-state index in [4.69, 9.17) is 14.2 Å². The first-order valence-electron chi connectivity index (χ1n) is 7.95. The van der Waals surface area contributed by atoms with E-state index in [9.17, 15) is 14.4 Å². The molecule has 0 radical (unpaired) electrons. The second-order valence-electron chi connectivity index (χ2n) is 5.97. The fourth-order valence-electron chi connectivity index (χ4n) is 3.02. The Balaban J connectivity index is 1.83. The number of benzene rings is 1. The summed E-state index contributed by atoms with van der Waals surface area (Å²) in [6.45, 7) is 2.10. The zero-order valence-corrected chi connectivity index (χ0v) is 14.1. The first-order chi connectivity index (χ1) is 12.0. The Labute approximate surface area is 145 Å². The Hall–Kier alpha value is -2.51. The normalized spacial score (nSPS) is 20.6. The second-order valence-corrected chi connectivity index (χ2v) is 5.97. The fourth-order valence-corrected chi connectivity index (χ4v) is 3.02. The van der Waals surface area contributed by atoms with Crippen molar-refractivity contribution in [3.8, 4) is 0 Å². The van der Waals surface area contributed by atoms with Crippen molar-refractivity contribution in [1.82, 2.24) is 4.90 Å². The van der Waals surface area contributed by atoms with Gasteiger partial charge in [0.05, 0.1) is 25.9 Å². The van der Waals surface area contributed by atoms with Crippen LogP contribution in [-0.2, 0) is 28.6 Å². The summed E-state index contributed by atoms with van der Waals surface area (Å²) >= 11 is 0. The van der Waals surface area contributed by atoms with Crippen LogP contribution >= 0.6 is 0 Å². The van der Waals surface area contributed by atoms with Crippen LogP contribution in [0.5, 0.6) is 0 Å². The highest BCUT2D eigenvalue weighted by molar-refractivity contribution is 6.33. The summed E-state index contributed by atoms with van der Waals surface area (Å²) in [5, 5.41) is 0. The summed E-state index contributed by atoms with van der Waals surface area (Å²) in [5.41, 5.74) is 0.949. The van der Waals surface area contributed by atoms with Crippen molar-refractivity contribution in [1.29, 1.82) is 0 Å². The number of amides is 2. The Morgan fingerprint density at radius 2 is 1.88 bits per heavy atom. The topological polar surface area (TPSA) is 82.1 Å². The number of esters is 1. The molecule has 1 aromatic rings. The fraction of sp³-hybridized carbons (Fsp3) is 0.389. The van der Waals surface area contributed by atoms with Gasteiger partial charge in [-0.3, -0.25) is 19.3 Å². The number of hydrogen-bond acceptors (Lipinski definition) is 6. The van der Waals surface area contributed by atoms with E-state index in [2.05, 4.69) is 0 Å². The van der Waals surface area contributed by atoms with Crippen LogP contribution in [0.2, 0.25) is 0 Å². The Morgan fingerprint density at radius 1 is 1.24 bits per heavy atom. The molecule has 2 heterocycles. The predicted molar refractivity (Wildman–Crippen MR) is 87.0 cm³/mol. The lowest BCUT2D eigenvalue weighted by Gasteiger charge is -2.32. The maximum atomic E-state index is 12.7. The number of carbonyl (C=O) groups is 3. The summed E-state index contributed by atoms with van der Waals surface area (Å²) in [6, 6.07) is 8.90.